The summed E-state index contributed by atoms with van der Waals surface area (Å²) in [7, 11) is 3.81. The van der Waals surface area contributed by atoms with Gasteiger partial charge in [0.1, 0.15) is 0 Å². The molecule has 0 aliphatic rings. The van der Waals surface area contributed by atoms with Crippen LogP contribution in [0.2, 0.25) is 0 Å². The monoisotopic (exact) mass is 186 g/mol. The van der Waals surface area contributed by atoms with E-state index < -0.39 is 5.54 Å². The number of likely N-dealkylation sites (N-methyl/N-ethyl adjacent to an activating group) is 1. The number of carbonyl (C=O) groups is 1. The van der Waals surface area contributed by atoms with Gasteiger partial charge in [-0.05, 0) is 48.7 Å². The summed E-state index contributed by atoms with van der Waals surface area (Å²) in [5, 5.41) is 2.96. The number of nitrogens with one attached hydrogen (secondary N) is 1. The number of hydrogen-bond donors (Lipinski definition) is 1. The van der Waals surface area contributed by atoms with Crippen molar-refractivity contribution in [1.82, 2.24) is 10.2 Å². The Morgan fingerprint density at radius 1 is 1.08 bits per heavy atom. The second-order valence-electron chi connectivity index (χ2n) is 5.16. The summed E-state index contributed by atoms with van der Waals surface area (Å²) in [6.07, 6.45) is 0. The normalized spacial score (nSPS) is 13.2. The van der Waals surface area contributed by atoms with E-state index in [1.807, 2.05) is 53.6 Å². The van der Waals surface area contributed by atoms with E-state index in [2.05, 4.69) is 5.32 Å². The molecule has 0 bridgehead atoms. The minimum absolute atomic E-state index is 0.0602. The fraction of sp³-hybridized carbons (Fsp3) is 0.900. The first-order valence-electron chi connectivity index (χ1n) is 4.57. The number of rotatable bonds is 2. The van der Waals surface area contributed by atoms with Crippen LogP contribution < -0.4 is 5.32 Å². The summed E-state index contributed by atoms with van der Waals surface area (Å²) in [6.45, 7) is 9.77. The zero-order valence-corrected chi connectivity index (χ0v) is 9.86. The molecule has 0 aromatic heterocycles. The van der Waals surface area contributed by atoms with E-state index >= 15 is 0 Å². The Morgan fingerprint density at radius 3 is 1.69 bits per heavy atom. The van der Waals surface area contributed by atoms with Crippen molar-refractivity contribution >= 4 is 5.91 Å². The summed E-state index contributed by atoms with van der Waals surface area (Å²) in [6, 6.07) is 0. The Morgan fingerprint density at radius 2 is 1.46 bits per heavy atom. The maximum atomic E-state index is 11.8. The largest absolute Gasteiger partial charge is 0.350 e. The lowest BCUT2D eigenvalue weighted by Crippen LogP contribution is -2.56. The third kappa shape index (κ3) is 3.77. The van der Waals surface area contributed by atoms with Crippen LogP contribution in [0.25, 0.3) is 0 Å². The molecular formula is C10H22N2O. The molecule has 0 spiro atoms. The molecule has 78 valence electrons. The Kier molecular flexibility index (Phi) is 3.50. The Balaban J connectivity index is 4.44. The van der Waals surface area contributed by atoms with E-state index in [1.54, 1.807) is 0 Å². The van der Waals surface area contributed by atoms with Crippen LogP contribution in [0.4, 0.5) is 0 Å². The molecule has 0 radical (unpaired) electrons. The summed E-state index contributed by atoms with van der Waals surface area (Å²) in [5.41, 5.74) is -0.613. The van der Waals surface area contributed by atoms with Crippen molar-refractivity contribution in [2.45, 2.75) is 45.7 Å². The smallest absolute Gasteiger partial charge is 0.240 e. The molecular weight excluding hydrogens is 164 g/mol. The molecule has 0 saturated carbocycles. The van der Waals surface area contributed by atoms with E-state index in [4.69, 9.17) is 0 Å². The van der Waals surface area contributed by atoms with Crippen molar-refractivity contribution in [3.63, 3.8) is 0 Å². The minimum Gasteiger partial charge on any atom is -0.350 e. The van der Waals surface area contributed by atoms with Gasteiger partial charge in [0, 0.05) is 5.54 Å². The zero-order chi connectivity index (χ0) is 10.9. The average Bonchev–Trinajstić information content (AvgIpc) is 1.82. The third-order valence-electron chi connectivity index (χ3n) is 2.16. The van der Waals surface area contributed by atoms with Gasteiger partial charge in [-0.1, -0.05) is 0 Å². The van der Waals surface area contributed by atoms with Gasteiger partial charge < -0.3 is 5.32 Å². The van der Waals surface area contributed by atoms with Crippen LogP contribution in [-0.2, 0) is 4.79 Å². The lowest BCUT2D eigenvalue weighted by Gasteiger charge is -2.34. The SMILES string of the molecule is CN(C)C(C)(C)C(=O)NC(C)(C)C. The Hall–Kier alpha value is -0.570. The molecule has 0 aromatic carbocycles. The molecule has 0 aromatic rings. The van der Waals surface area contributed by atoms with Crippen LogP contribution in [0.5, 0.6) is 0 Å². The molecule has 1 N–H and O–H groups in total. The maximum absolute atomic E-state index is 11.8. The van der Waals surface area contributed by atoms with Gasteiger partial charge in [-0.25, -0.2) is 0 Å². The van der Waals surface area contributed by atoms with Gasteiger partial charge in [-0.15, -0.1) is 0 Å². The van der Waals surface area contributed by atoms with E-state index in [1.165, 1.54) is 0 Å². The number of carbonyl (C=O) groups excluding carboxylic acids is 1. The highest BCUT2D eigenvalue weighted by atomic mass is 16.2. The van der Waals surface area contributed by atoms with Gasteiger partial charge in [0.2, 0.25) is 5.91 Å². The molecule has 0 aliphatic carbocycles. The van der Waals surface area contributed by atoms with Gasteiger partial charge >= 0.3 is 0 Å². The van der Waals surface area contributed by atoms with Crippen molar-refractivity contribution in [3.8, 4) is 0 Å². The Labute approximate surface area is 81.5 Å². The standard InChI is InChI=1S/C10H22N2O/c1-9(2,3)11-8(13)10(4,5)12(6)7/h1-7H3,(H,11,13). The Bertz CT molecular complexity index is 190. The molecule has 0 aliphatic heterocycles. The molecule has 3 nitrogen and oxygen atoms in total. The van der Waals surface area contributed by atoms with Gasteiger partial charge in [0.05, 0.1) is 5.54 Å². The molecule has 13 heavy (non-hydrogen) atoms. The summed E-state index contributed by atoms with van der Waals surface area (Å²) < 4.78 is 0. The fourth-order valence-electron chi connectivity index (χ4n) is 0.697. The second-order valence-corrected chi connectivity index (χ2v) is 5.16. The van der Waals surface area contributed by atoms with Crippen molar-refractivity contribution in [2.75, 3.05) is 14.1 Å². The highest BCUT2D eigenvalue weighted by Gasteiger charge is 2.31. The molecule has 0 heterocycles. The quantitative estimate of drug-likeness (QED) is 0.703. The topological polar surface area (TPSA) is 32.3 Å². The van der Waals surface area contributed by atoms with Crippen molar-refractivity contribution in [1.29, 1.82) is 0 Å². The first-order chi connectivity index (χ1) is 5.57. The van der Waals surface area contributed by atoms with Crippen molar-refractivity contribution in [3.05, 3.63) is 0 Å². The maximum Gasteiger partial charge on any atom is 0.240 e. The number of amides is 1. The van der Waals surface area contributed by atoms with Crippen LogP contribution in [0.1, 0.15) is 34.6 Å². The van der Waals surface area contributed by atoms with Crippen molar-refractivity contribution < 1.29 is 4.79 Å². The molecule has 0 fully saturated rings. The fourth-order valence-corrected chi connectivity index (χ4v) is 0.697. The van der Waals surface area contributed by atoms with Crippen LogP contribution in [-0.4, -0.2) is 36.0 Å². The van der Waals surface area contributed by atoms with E-state index in [0.717, 1.165) is 0 Å². The number of hydrogen-bond acceptors (Lipinski definition) is 2. The predicted molar refractivity (Wildman–Crippen MR) is 55.7 cm³/mol. The molecule has 0 atom stereocenters. The first kappa shape index (κ1) is 12.4. The highest BCUT2D eigenvalue weighted by molar-refractivity contribution is 5.85. The predicted octanol–water partition coefficient (Wildman–Crippen LogP) is 1.24. The number of nitrogens with zero attached hydrogens (tertiary/aromatic N) is 1. The highest BCUT2D eigenvalue weighted by Crippen LogP contribution is 2.12. The van der Waals surface area contributed by atoms with Crippen LogP contribution in [0, 0.1) is 0 Å². The van der Waals surface area contributed by atoms with Gasteiger partial charge in [-0.3, -0.25) is 9.69 Å². The zero-order valence-electron chi connectivity index (χ0n) is 9.86. The van der Waals surface area contributed by atoms with Gasteiger partial charge in [0.15, 0.2) is 0 Å². The molecule has 3 heteroatoms. The summed E-state index contributed by atoms with van der Waals surface area (Å²) in [4.78, 5) is 13.7. The summed E-state index contributed by atoms with van der Waals surface area (Å²) in [5.74, 6) is 0.0602. The van der Waals surface area contributed by atoms with Crippen molar-refractivity contribution in [2.24, 2.45) is 0 Å². The van der Waals surface area contributed by atoms with Gasteiger partial charge in [-0.2, -0.15) is 0 Å². The van der Waals surface area contributed by atoms with Crippen LogP contribution >= 0.6 is 0 Å². The van der Waals surface area contributed by atoms with E-state index in [-0.39, 0.29) is 11.4 Å². The molecule has 0 rings (SSSR count). The van der Waals surface area contributed by atoms with E-state index in [0.29, 0.717) is 0 Å². The lowest BCUT2D eigenvalue weighted by molar-refractivity contribution is -0.131. The molecule has 0 unspecified atom stereocenters. The lowest BCUT2D eigenvalue weighted by atomic mass is 10.00. The van der Waals surface area contributed by atoms with Crippen LogP contribution in [0.15, 0.2) is 0 Å². The molecule has 1 amide bonds. The van der Waals surface area contributed by atoms with Gasteiger partial charge in [0.25, 0.3) is 0 Å². The molecule has 0 saturated heterocycles. The van der Waals surface area contributed by atoms with E-state index in [9.17, 15) is 4.79 Å². The second kappa shape index (κ2) is 3.66. The summed E-state index contributed by atoms with van der Waals surface area (Å²) >= 11 is 0. The van der Waals surface area contributed by atoms with Crippen LogP contribution in [0.3, 0.4) is 0 Å². The minimum atomic E-state index is -0.451. The third-order valence-corrected chi connectivity index (χ3v) is 2.16. The first-order valence-corrected chi connectivity index (χ1v) is 4.57. The average molecular weight is 186 g/mol.